The predicted octanol–water partition coefficient (Wildman–Crippen LogP) is 3.35. The Hall–Kier alpha value is -3.32. The van der Waals surface area contributed by atoms with Crippen LogP contribution in [0.15, 0.2) is 49.1 Å². The second-order valence-electron chi connectivity index (χ2n) is 6.91. The van der Waals surface area contributed by atoms with Gasteiger partial charge in [0, 0.05) is 16.8 Å². The molecule has 0 aliphatic heterocycles. The van der Waals surface area contributed by atoms with Crippen LogP contribution in [-0.4, -0.2) is 36.7 Å². The number of amidine groups is 1. The van der Waals surface area contributed by atoms with Crippen molar-refractivity contribution in [1.82, 2.24) is 0 Å². The van der Waals surface area contributed by atoms with Gasteiger partial charge in [-0.25, -0.2) is 4.79 Å². The molecule has 0 saturated heterocycles. The zero-order chi connectivity index (χ0) is 22.8. The topological polar surface area (TPSA) is 118 Å². The van der Waals surface area contributed by atoms with Gasteiger partial charge < -0.3 is 25.6 Å². The Balaban J connectivity index is 2.57. The van der Waals surface area contributed by atoms with Crippen LogP contribution in [0.2, 0.25) is 0 Å². The van der Waals surface area contributed by atoms with Crippen molar-refractivity contribution < 1.29 is 19.4 Å². The second-order valence-corrected chi connectivity index (χ2v) is 6.91. The van der Waals surface area contributed by atoms with Gasteiger partial charge in [-0.05, 0) is 61.2 Å². The standard InChI is InChI=1S/C24H31N3O4/c1-4-7-18-14-16(5-2)15-20(22(18)31-13-12-28)21(24(29)30-6-3)27-19-10-8-17(9-11-19)23(25)26/h4,8-11,14-15,21,27-28H,1,5-7,12-13H2,2-3H3,(H3,25,26). The fraction of sp³-hybridized carbons (Fsp3) is 0.333. The summed E-state index contributed by atoms with van der Waals surface area (Å²) in [6.07, 6.45) is 3.11. The Morgan fingerprint density at radius 3 is 2.55 bits per heavy atom. The van der Waals surface area contributed by atoms with Crippen molar-refractivity contribution in [2.45, 2.75) is 32.7 Å². The van der Waals surface area contributed by atoms with Gasteiger partial charge in [-0.3, -0.25) is 5.41 Å². The summed E-state index contributed by atoms with van der Waals surface area (Å²) in [5, 5.41) is 20.1. The molecule has 2 aromatic carbocycles. The van der Waals surface area contributed by atoms with Crippen LogP contribution in [0.1, 0.15) is 42.1 Å². The van der Waals surface area contributed by atoms with E-state index in [1.807, 2.05) is 19.1 Å². The van der Waals surface area contributed by atoms with Crippen LogP contribution < -0.4 is 15.8 Å². The Labute approximate surface area is 183 Å². The van der Waals surface area contributed by atoms with Gasteiger partial charge in [0.15, 0.2) is 6.04 Å². The van der Waals surface area contributed by atoms with Crippen molar-refractivity contribution in [2.75, 3.05) is 25.1 Å². The summed E-state index contributed by atoms with van der Waals surface area (Å²) in [6.45, 7) is 7.81. The van der Waals surface area contributed by atoms with E-state index in [1.165, 1.54) is 0 Å². The molecule has 2 aromatic rings. The number of rotatable bonds is 12. The molecule has 0 spiro atoms. The molecule has 2 rings (SSSR count). The number of aliphatic hydroxyl groups is 1. The molecule has 0 aromatic heterocycles. The SMILES string of the molecule is C=CCc1cc(CC)cc(C(Nc2ccc(C(=N)N)cc2)C(=O)OCC)c1OCCO. The third-order valence-electron chi connectivity index (χ3n) is 4.70. The van der Waals surface area contributed by atoms with E-state index in [-0.39, 0.29) is 25.7 Å². The first-order valence-corrected chi connectivity index (χ1v) is 10.3. The normalized spacial score (nSPS) is 11.5. The highest BCUT2D eigenvalue weighted by Crippen LogP contribution is 2.34. The second kappa shape index (κ2) is 11.8. The third-order valence-corrected chi connectivity index (χ3v) is 4.70. The first kappa shape index (κ1) is 24.0. The van der Waals surface area contributed by atoms with E-state index in [9.17, 15) is 9.90 Å². The van der Waals surface area contributed by atoms with E-state index in [0.29, 0.717) is 29.0 Å². The fourth-order valence-corrected chi connectivity index (χ4v) is 3.23. The Bertz CT molecular complexity index is 910. The van der Waals surface area contributed by atoms with E-state index in [0.717, 1.165) is 17.5 Å². The van der Waals surface area contributed by atoms with Crippen LogP contribution in [0.3, 0.4) is 0 Å². The Morgan fingerprint density at radius 2 is 2.00 bits per heavy atom. The third kappa shape index (κ3) is 6.33. The minimum absolute atomic E-state index is 0.0297. The average molecular weight is 426 g/mol. The molecule has 0 heterocycles. The molecule has 1 atom stereocenters. The van der Waals surface area contributed by atoms with Gasteiger partial charge in [-0.2, -0.15) is 0 Å². The summed E-state index contributed by atoms with van der Waals surface area (Å²) in [4.78, 5) is 13.0. The molecule has 166 valence electrons. The maximum Gasteiger partial charge on any atom is 0.333 e. The number of nitrogens with one attached hydrogen (secondary N) is 2. The number of ether oxygens (including phenoxy) is 2. The van der Waals surface area contributed by atoms with Crippen molar-refractivity contribution in [1.29, 1.82) is 5.41 Å². The van der Waals surface area contributed by atoms with Crippen molar-refractivity contribution >= 4 is 17.5 Å². The highest BCUT2D eigenvalue weighted by atomic mass is 16.5. The van der Waals surface area contributed by atoms with E-state index >= 15 is 0 Å². The van der Waals surface area contributed by atoms with Crippen LogP contribution in [-0.2, 0) is 22.4 Å². The molecule has 0 saturated carbocycles. The number of aryl methyl sites for hydroxylation is 1. The molecule has 5 N–H and O–H groups in total. The lowest BCUT2D eigenvalue weighted by Crippen LogP contribution is -2.25. The van der Waals surface area contributed by atoms with Gasteiger partial charge in [0.2, 0.25) is 0 Å². The molecule has 0 aliphatic carbocycles. The van der Waals surface area contributed by atoms with Crippen molar-refractivity contribution in [3.63, 3.8) is 0 Å². The summed E-state index contributed by atoms with van der Waals surface area (Å²) in [7, 11) is 0. The molecule has 7 heteroatoms. The number of nitrogens with two attached hydrogens (primary N) is 1. The molecular formula is C24H31N3O4. The molecule has 31 heavy (non-hydrogen) atoms. The van der Waals surface area contributed by atoms with Crippen LogP contribution in [0.5, 0.6) is 5.75 Å². The van der Waals surface area contributed by atoms with Gasteiger partial charge in [0.1, 0.15) is 18.2 Å². The summed E-state index contributed by atoms with van der Waals surface area (Å²) in [6, 6.07) is 10.1. The summed E-state index contributed by atoms with van der Waals surface area (Å²) in [5.41, 5.74) is 9.36. The lowest BCUT2D eigenvalue weighted by atomic mass is 9.95. The van der Waals surface area contributed by atoms with Crippen LogP contribution >= 0.6 is 0 Å². The van der Waals surface area contributed by atoms with Gasteiger partial charge in [-0.1, -0.05) is 19.1 Å². The number of aliphatic hydroxyl groups excluding tert-OH is 1. The van der Waals surface area contributed by atoms with Crippen molar-refractivity contribution in [3.05, 3.63) is 71.3 Å². The van der Waals surface area contributed by atoms with E-state index in [4.69, 9.17) is 20.6 Å². The molecule has 0 amide bonds. The van der Waals surface area contributed by atoms with E-state index < -0.39 is 12.0 Å². The molecule has 0 aliphatic rings. The molecule has 0 radical (unpaired) electrons. The minimum Gasteiger partial charge on any atom is -0.491 e. The number of allylic oxidation sites excluding steroid dienone is 1. The number of carbonyl (C=O) groups is 1. The zero-order valence-corrected chi connectivity index (χ0v) is 18.1. The van der Waals surface area contributed by atoms with Crippen LogP contribution in [0.25, 0.3) is 0 Å². The highest BCUT2D eigenvalue weighted by molar-refractivity contribution is 5.95. The maximum absolute atomic E-state index is 13.0. The quantitative estimate of drug-likeness (QED) is 0.179. The summed E-state index contributed by atoms with van der Waals surface area (Å²) in [5.74, 6) is 0.0692. The van der Waals surface area contributed by atoms with Crippen molar-refractivity contribution in [2.24, 2.45) is 5.73 Å². The number of benzene rings is 2. The molecule has 0 bridgehead atoms. The van der Waals surface area contributed by atoms with Gasteiger partial charge >= 0.3 is 5.97 Å². The average Bonchev–Trinajstić information content (AvgIpc) is 2.76. The van der Waals surface area contributed by atoms with E-state index in [1.54, 1.807) is 37.3 Å². The number of anilines is 1. The number of carbonyl (C=O) groups excluding carboxylic acids is 1. The van der Waals surface area contributed by atoms with E-state index in [2.05, 4.69) is 11.9 Å². The monoisotopic (exact) mass is 425 g/mol. The van der Waals surface area contributed by atoms with Crippen LogP contribution in [0.4, 0.5) is 5.69 Å². The Kier molecular flexibility index (Phi) is 9.09. The zero-order valence-electron chi connectivity index (χ0n) is 18.1. The Morgan fingerprint density at radius 1 is 1.29 bits per heavy atom. The lowest BCUT2D eigenvalue weighted by molar-refractivity contribution is -0.144. The number of esters is 1. The van der Waals surface area contributed by atoms with Gasteiger partial charge in [-0.15, -0.1) is 6.58 Å². The summed E-state index contributed by atoms with van der Waals surface area (Å²) >= 11 is 0. The largest absolute Gasteiger partial charge is 0.491 e. The maximum atomic E-state index is 13.0. The minimum atomic E-state index is -0.827. The number of hydrogen-bond donors (Lipinski definition) is 4. The number of nitrogen functional groups attached to an aromatic ring is 1. The predicted molar refractivity (Wildman–Crippen MR) is 123 cm³/mol. The first-order chi connectivity index (χ1) is 14.9. The molecular weight excluding hydrogens is 394 g/mol. The molecule has 0 fully saturated rings. The summed E-state index contributed by atoms with van der Waals surface area (Å²) < 4.78 is 11.2. The molecule has 1 unspecified atom stereocenters. The lowest BCUT2D eigenvalue weighted by Gasteiger charge is -2.24. The van der Waals surface area contributed by atoms with Gasteiger partial charge in [0.25, 0.3) is 0 Å². The highest BCUT2D eigenvalue weighted by Gasteiger charge is 2.27. The first-order valence-electron chi connectivity index (χ1n) is 10.3. The van der Waals surface area contributed by atoms with Crippen LogP contribution in [0, 0.1) is 5.41 Å². The number of hydrogen-bond acceptors (Lipinski definition) is 6. The van der Waals surface area contributed by atoms with Gasteiger partial charge in [0.05, 0.1) is 13.2 Å². The fourth-order valence-electron chi connectivity index (χ4n) is 3.23. The van der Waals surface area contributed by atoms with Crippen molar-refractivity contribution in [3.8, 4) is 5.75 Å². The molecule has 7 nitrogen and oxygen atoms in total. The smallest absolute Gasteiger partial charge is 0.333 e.